The van der Waals surface area contributed by atoms with Crippen LogP contribution in [0.4, 0.5) is 8.78 Å². The number of benzene rings is 1. The molecular weight excluding hydrogens is 222 g/mol. The Balaban J connectivity index is 1.83. The molecule has 0 bridgehead atoms. The standard InChI is InChI=1S/C13H18F2N2/c14-12-6-1-9(7-13(12)15)8-17-11-4-2-10(16)3-5-11/h1,6-7,10-11,17H,2-5,8,16H2. The van der Waals surface area contributed by atoms with E-state index >= 15 is 0 Å². The van der Waals surface area contributed by atoms with Gasteiger partial charge in [-0.1, -0.05) is 6.07 Å². The fourth-order valence-corrected chi connectivity index (χ4v) is 2.24. The van der Waals surface area contributed by atoms with Crippen LogP contribution >= 0.6 is 0 Å². The second-order valence-corrected chi connectivity index (χ2v) is 4.74. The maximum Gasteiger partial charge on any atom is 0.159 e. The third-order valence-corrected chi connectivity index (χ3v) is 3.35. The molecule has 1 saturated carbocycles. The van der Waals surface area contributed by atoms with Crippen molar-refractivity contribution in [1.29, 1.82) is 0 Å². The first-order chi connectivity index (χ1) is 8.15. The topological polar surface area (TPSA) is 38.0 Å². The summed E-state index contributed by atoms with van der Waals surface area (Å²) < 4.78 is 25.7. The minimum Gasteiger partial charge on any atom is -0.328 e. The molecule has 0 atom stereocenters. The molecule has 0 aliphatic heterocycles. The smallest absolute Gasteiger partial charge is 0.159 e. The fraction of sp³-hybridized carbons (Fsp3) is 0.538. The summed E-state index contributed by atoms with van der Waals surface area (Å²) in [5, 5.41) is 3.36. The van der Waals surface area contributed by atoms with Gasteiger partial charge in [-0.25, -0.2) is 8.78 Å². The summed E-state index contributed by atoms with van der Waals surface area (Å²) in [4.78, 5) is 0. The molecule has 1 aromatic carbocycles. The number of nitrogens with two attached hydrogens (primary N) is 1. The highest BCUT2D eigenvalue weighted by molar-refractivity contribution is 5.17. The normalized spacial score (nSPS) is 24.9. The molecule has 1 fully saturated rings. The lowest BCUT2D eigenvalue weighted by Gasteiger charge is -2.27. The van der Waals surface area contributed by atoms with E-state index in [0.29, 0.717) is 18.6 Å². The number of halogens is 2. The van der Waals surface area contributed by atoms with Crippen LogP contribution < -0.4 is 11.1 Å². The maximum absolute atomic E-state index is 13.0. The van der Waals surface area contributed by atoms with Crippen LogP contribution in [0.1, 0.15) is 31.2 Å². The van der Waals surface area contributed by atoms with Gasteiger partial charge in [-0.05, 0) is 43.4 Å². The predicted molar refractivity (Wildman–Crippen MR) is 63.4 cm³/mol. The van der Waals surface area contributed by atoms with Gasteiger partial charge < -0.3 is 11.1 Å². The molecule has 0 amide bonds. The van der Waals surface area contributed by atoms with Gasteiger partial charge in [0.15, 0.2) is 11.6 Å². The average Bonchev–Trinajstić information content (AvgIpc) is 2.33. The molecule has 0 heterocycles. The van der Waals surface area contributed by atoms with Crippen molar-refractivity contribution in [3.05, 3.63) is 35.4 Å². The Morgan fingerprint density at radius 3 is 2.47 bits per heavy atom. The molecule has 2 nitrogen and oxygen atoms in total. The summed E-state index contributed by atoms with van der Waals surface area (Å²) in [5.41, 5.74) is 6.60. The van der Waals surface area contributed by atoms with E-state index in [1.165, 1.54) is 12.1 Å². The third-order valence-electron chi connectivity index (χ3n) is 3.35. The van der Waals surface area contributed by atoms with Crippen LogP contribution in [0.3, 0.4) is 0 Å². The van der Waals surface area contributed by atoms with Crippen LogP contribution in [0.2, 0.25) is 0 Å². The zero-order valence-corrected chi connectivity index (χ0v) is 9.76. The Kier molecular flexibility index (Phi) is 4.07. The highest BCUT2D eigenvalue weighted by Crippen LogP contribution is 2.17. The first-order valence-electron chi connectivity index (χ1n) is 6.08. The largest absolute Gasteiger partial charge is 0.328 e. The lowest BCUT2D eigenvalue weighted by atomic mass is 9.92. The van der Waals surface area contributed by atoms with Gasteiger partial charge in [0.1, 0.15) is 0 Å². The van der Waals surface area contributed by atoms with E-state index in [1.807, 2.05) is 0 Å². The summed E-state index contributed by atoms with van der Waals surface area (Å²) in [5.74, 6) is -1.58. The van der Waals surface area contributed by atoms with Gasteiger partial charge in [0.25, 0.3) is 0 Å². The van der Waals surface area contributed by atoms with Gasteiger partial charge in [0, 0.05) is 18.6 Å². The molecule has 0 unspecified atom stereocenters. The third kappa shape index (κ3) is 3.48. The number of hydrogen-bond acceptors (Lipinski definition) is 2. The molecule has 94 valence electrons. The van der Waals surface area contributed by atoms with Crippen molar-refractivity contribution in [2.75, 3.05) is 0 Å². The molecule has 0 radical (unpaired) electrons. The molecule has 0 spiro atoms. The van der Waals surface area contributed by atoms with Gasteiger partial charge in [-0.3, -0.25) is 0 Å². The minimum absolute atomic E-state index is 0.330. The first-order valence-corrected chi connectivity index (χ1v) is 6.08. The predicted octanol–water partition coefficient (Wildman–Crippen LogP) is 2.32. The lowest BCUT2D eigenvalue weighted by Crippen LogP contribution is -2.37. The SMILES string of the molecule is NC1CCC(NCc2ccc(F)c(F)c2)CC1. The van der Waals surface area contributed by atoms with E-state index in [2.05, 4.69) is 5.32 Å². The van der Waals surface area contributed by atoms with Gasteiger partial charge in [-0.15, -0.1) is 0 Å². The van der Waals surface area contributed by atoms with Crippen molar-refractivity contribution in [3.63, 3.8) is 0 Å². The van der Waals surface area contributed by atoms with Gasteiger partial charge >= 0.3 is 0 Å². The highest BCUT2D eigenvalue weighted by Gasteiger charge is 2.17. The lowest BCUT2D eigenvalue weighted by molar-refractivity contribution is 0.341. The maximum atomic E-state index is 13.0. The zero-order valence-electron chi connectivity index (χ0n) is 9.76. The van der Waals surface area contributed by atoms with Crippen molar-refractivity contribution in [2.45, 2.75) is 44.3 Å². The molecular formula is C13H18F2N2. The molecule has 1 aliphatic carbocycles. The molecule has 0 aromatic heterocycles. The zero-order chi connectivity index (χ0) is 12.3. The molecule has 17 heavy (non-hydrogen) atoms. The minimum atomic E-state index is -0.794. The van der Waals surface area contributed by atoms with Crippen molar-refractivity contribution in [3.8, 4) is 0 Å². The van der Waals surface area contributed by atoms with Crippen molar-refractivity contribution in [1.82, 2.24) is 5.32 Å². The number of hydrogen-bond donors (Lipinski definition) is 2. The molecule has 2 rings (SSSR count). The Hall–Kier alpha value is -1.00. The van der Waals surface area contributed by atoms with Gasteiger partial charge in [0.2, 0.25) is 0 Å². The molecule has 1 aliphatic rings. The summed E-state index contributed by atoms with van der Waals surface area (Å²) in [6.07, 6.45) is 4.20. The second kappa shape index (κ2) is 5.56. The Bertz CT molecular complexity index is 374. The second-order valence-electron chi connectivity index (χ2n) is 4.74. The van der Waals surface area contributed by atoms with Crippen molar-refractivity contribution in [2.24, 2.45) is 5.73 Å². The summed E-state index contributed by atoms with van der Waals surface area (Å²) in [6, 6.07) is 4.80. The molecule has 4 heteroatoms. The number of nitrogens with one attached hydrogen (secondary N) is 1. The fourth-order valence-electron chi connectivity index (χ4n) is 2.24. The van der Waals surface area contributed by atoms with E-state index in [-0.39, 0.29) is 0 Å². The quantitative estimate of drug-likeness (QED) is 0.851. The van der Waals surface area contributed by atoms with Crippen LogP contribution in [0.15, 0.2) is 18.2 Å². The summed E-state index contributed by atoms with van der Waals surface area (Å²) >= 11 is 0. The van der Waals surface area contributed by atoms with Crippen LogP contribution in [-0.4, -0.2) is 12.1 Å². The van der Waals surface area contributed by atoms with Crippen molar-refractivity contribution < 1.29 is 8.78 Å². The number of rotatable bonds is 3. The highest BCUT2D eigenvalue weighted by atomic mass is 19.2. The summed E-state index contributed by atoms with van der Waals surface area (Å²) in [6.45, 7) is 0.580. The van der Waals surface area contributed by atoms with Crippen molar-refractivity contribution >= 4 is 0 Å². The molecule has 0 saturated heterocycles. The van der Waals surface area contributed by atoms with Gasteiger partial charge in [-0.2, -0.15) is 0 Å². The average molecular weight is 240 g/mol. The van der Waals surface area contributed by atoms with Crippen LogP contribution in [0.25, 0.3) is 0 Å². The molecule has 1 aromatic rings. The van der Waals surface area contributed by atoms with E-state index in [9.17, 15) is 8.78 Å². The van der Waals surface area contributed by atoms with E-state index in [0.717, 1.165) is 31.2 Å². The van der Waals surface area contributed by atoms with Crippen LogP contribution in [0.5, 0.6) is 0 Å². The summed E-state index contributed by atoms with van der Waals surface area (Å²) in [7, 11) is 0. The van der Waals surface area contributed by atoms with E-state index in [1.54, 1.807) is 6.07 Å². The Morgan fingerprint density at radius 1 is 1.12 bits per heavy atom. The van der Waals surface area contributed by atoms with Crippen LogP contribution in [-0.2, 0) is 6.54 Å². The van der Waals surface area contributed by atoms with E-state index < -0.39 is 11.6 Å². The molecule has 3 N–H and O–H groups in total. The first kappa shape index (κ1) is 12.5. The Labute approximate surface area is 100 Å². The van der Waals surface area contributed by atoms with E-state index in [4.69, 9.17) is 5.73 Å². The van der Waals surface area contributed by atoms with Crippen LogP contribution in [0, 0.1) is 11.6 Å². The monoisotopic (exact) mass is 240 g/mol. The Morgan fingerprint density at radius 2 is 1.82 bits per heavy atom. The van der Waals surface area contributed by atoms with Gasteiger partial charge in [0.05, 0.1) is 0 Å².